The number of aryl methyl sites for hydroxylation is 2. The van der Waals surface area contributed by atoms with Crippen molar-refractivity contribution >= 4 is 27.4 Å². The molecule has 1 aromatic carbocycles. The molecule has 0 radical (unpaired) electrons. The number of nitrogens with zero attached hydrogens (tertiary/aromatic N) is 2. The number of thiazole rings is 1. The number of aromatic nitrogens is 2. The first-order chi connectivity index (χ1) is 13.8. The molecule has 28 heavy (non-hydrogen) atoms. The number of rotatable bonds is 9. The molecule has 0 amide bonds. The van der Waals surface area contributed by atoms with Gasteiger partial charge >= 0.3 is 0 Å². The summed E-state index contributed by atoms with van der Waals surface area (Å²) in [5.41, 5.74) is 3.79. The monoisotopic (exact) mass is 393 g/mol. The van der Waals surface area contributed by atoms with Gasteiger partial charge in [0.1, 0.15) is 5.82 Å². The molecule has 3 aromatic rings. The van der Waals surface area contributed by atoms with Crippen molar-refractivity contribution in [2.24, 2.45) is 0 Å². The molecule has 2 aromatic heterocycles. The number of benzene rings is 1. The number of hydrogen-bond acceptors (Lipinski definition) is 4. The molecule has 0 saturated carbocycles. The molecule has 0 fully saturated rings. The zero-order chi connectivity index (χ0) is 19.2. The third-order valence-corrected chi connectivity index (χ3v) is 7.04. The van der Waals surface area contributed by atoms with E-state index in [0.29, 0.717) is 5.92 Å². The summed E-state index contributed by atoms with van der Waals surface area (Å²) in [6.07, 6.45) is 11.1. The van der Waals surface area contributed by atoms with Crippen LogP contribution in [0.15, 0.2) is 36.4 Å². The molecule has 3 nitrogen and oxygen atoms in total. The van der Waals surface area contributed by atoms with Crippen molar-refractivity contribution < 1.29 is 0 Å². The van der Waals surface area contributed by atoms with E-state index in [9.17, 15) is 0 Å². The number of fused-ring (bicyclic) bond motifs is 2. The lowest BCUT2D eigenvalue weighted by molar-refractivity contribution is 0.535. The van der Waals surface area contributed by atoms with Crippen molar-refractivity contribution in [3.8, 4) is 0 Å². The number of para-hydroxylation sites is 1. The van der Waals surface area contributed by atoms with Crippen LogP contribution in [0.1, 0.15) is 74.1 Å². The summed E-state index contributed by atoms with van der Waals surface area (Å²) in [7, 11) is 0. The van der Waals surface area contributed by atoms with Crippen LogP contribution in [0.2, 0.25) is 0 Å². The van der Waals surface area contributed by atoms with E-state index in [-0.39, 0.29) is 0 Å². The molecular weight excluding hydrogens is 362 g/mol. The van der Waals surface area contributed by atoms with Crippen molar-refractivity contribution in [2.45, 2.75) is 70.6 Å². The number of anilines is 1. The average molecular weight is 394 g/mol. The molecule has 1 atom stereocenters. The summed E-state index contributed by atoms with van der Waals surface area (Å²) in [5, 5.41) is 4.77. The lowest BCUT2D eigenvalue weighted by Gasteiger charge is -2.17. The molecule has 148 valence electrons. The smallest absolute Gasteiger partial charge is 0.129 e. The van der Waals surface area contributed by atoms with E-state index in [1.807, 2.05) is 11.3 Å². The van der Waals surface area contributed by atoms with Crippen LogP contribution in [0.3, 0.4) is 0 Å². The van der Waals surface area contributed by atoms with Crippen LogP contribution >= 0.6 is 11.3 Å². The highest BCUT2D eigenvalue weighted by Gasteiger charge is 2.14. The van der Waals surface area contributed by atoms with Crippen LogP contribution in [0, 0.1) is 0 Å². The van der Waals surface area contributed by atoms with Crippen LogP contribution < -0.4 is 5.32 Å². The minimum absolute atomic E-state index is 0.616. The predicted octanol–water partition coefficient (Wildman–Crippen LogP) is 6.74. The van der Waals surface area contributed by atoms with Gasteiger partial charge in [-0.1, -0.05) is 44.4 Å². The van der Waals surface area contributed by atoms with Crippen molar-refractivity contribution in [1.29, 1.82) is 0 Å². The lowest BCUT2D eigenvalue weighted by Crippen LogP contribution is -2.13. The maximum absolute atomic E-state index is 4.88. The zero-order valence-electron chi connectivity index (χ0n) is 16.9. The summed E-state index contributed by atoms with van der Waals surface area (Å²) >= 11 is 1.88. The van der Waals surface area contributed by atoms with Gasteiger partial charge in [0.2, 0.25) is 0 Å². The third kappa shape index (κ3) is 4.72. The molecular formula is C24H31N3S. The van der Waals surface area contributed by atoms with Crippen LogP contribution in [0.5, 0.6) is 0 Å². The Morgan fingerprint density at radius 1 is 1.04 bits per heavy atom. The second-order valence-electron chi connectivity index (χ2n) is 7.92. The van der Waals surface area contributed by atoms with E-state index >= 15 is 0 Å². The number of nitrogens with one attached hydrogen (secondary N) is 1. The van der Waals surface area contributed by atoms with E-state index in [2.05, 4.69) is 48.6 Å². The van der Waals surface area contributed by atoms with Crippen molar-refractivity contribution in [3.05, 3.63) is 52.7 Å². The third-order valence-electron chi connectivity index (χ3n) is 5.84. The maximum atomic E-state index is 4.88. The molecule has 4 heteroatoms. The lowest BCUT2D eigenvalue weighted by atomic mass is 9.98. The fourth-order valence-electron chi connectivity index (χ4n) is 4.13. The Labute approximate surface area is 172 Å². The normalized spacial score (nSPS) is 14.6. The van der Waals surface area contributed by atoms with Crippen LogP contribution in [-0.4, -0.2) is 16.5 Å². The predicted molar refractivity (Wildman–Crippen MR) is 120 cm³/mol. The molecule has 0 bridgehead atoms. The van der Waals surface area contributed by atoms with Gasteiger partial charge in [0.15, 0.2) is 0 Å². The molecule has 3 heterocycles. The Morgan fingerprint density at radius 2 is 1.93 bits per heavy atom. The SMILES string of the molecule is CCC(CCCCCCc1ccc2c(n1)NCCC2)c1nc2ccccc2s1. The summed E-state index contributed by atoms with van der Waals surface area (Å²) in [6, 6.07) is 13.0. The molecule has 1 unspecified atom stereocenters. The Bertz CT molecular complexity index is 869. The Morgan fingerprint density at radius 3 is 2.82 bits per heavy atom. The number of unbranched alkanes of at least 4 members (excludes halogenated alkanes) is 3. The number of pyridine rings is 1. The highest BCUT2D eigenvalue weighted by Crippen LogP contribution is 2.32. The maximum Gasteiger partial charge on any atom is 0.129 e. The first-order valence-electron chi connectivity index (χ1n) is 10.9. The Kier molecular flexibility index (Phi) is 6.58. The van der Waals surface area contributed by atoms with Crippen LogP contribution in [0.25, 0.3) is 10.2 Å². The first kappa shape index (κ1) is 19.4. The van der Waals surface area contributed by atoms with E-state index < -0.39 is 0 Å². The van der Waals surface area contributed by atoms with Gasteiger partial charge in [-0.15, -0.1) is 11.3 Å². The zero-order valence-corrected chi connectivity index (χ0v) is 17.7. The topological polar surface area (TPSA) is 37.8 Å². The van der Waals surface area contributed by atoms with Gasteiger partial charge in [-0.25, -0.2) is 9.97 Å². The van der Waals surface area contributed by atoms with E-state index in [1.54, 1.807) is 0 Å². The summed E-state index contributed by atoms with van der Waals surface area (Å²) < 4.78 is 1.32. The van der Waals surface area contributed by atoms with Crippen molar-refractivity contribution in [1.82, 2.24) is 9.97 Å². The highest BCUT2D eigenvalue weighted by molar-refractivity contribution is 7.18. The van der Waals surface area contributed by atoms with E-state index in [0.717, 1.165) is 24.3 Å². The van der Waals surface area contributed by atoms with Gasteiger partial charge in [0.05, 0.1) is 15.2 Å². The fraction of sp³-hybridized carbons (Fsp3) is 0.500. The highest BCUT2D eigenvalue weighted by atomic mass is 32.1. The van der Waals surface area contributed by atoms with E-state index in [1.165, 1.54) is 72.3 Å². The van der Waals surface area contributed by atoms with Gasteiger partial charge in [-0.3, -0.25) is 0 Å². The second kappa shape index (κ2) is 9.51. The van der Waals surface area contributed by atoms with E-state index in [4.69, 9.17) is 9.97 Å². The molecule has 1 N–H and O–H groups in total. The molecule has 0 aliphatic carbocycles. The van der Waals surface area contributed by atoms with Gasteiger partial charge < -0.3 is 5.32 Å². The number of hydrogen-bond donors (Lipinski definition) is 1. The minimum atomic E-state index is 0.616. The summed E-state index contributed by atoms with van der Waals surface area (Å²) in [4.78, 5) is 9.69. The largest absolute Gasteiger partial charge is 0.370 e. The first-order valence-corrected chi connectivity index (χ1v) is 11.7. The molecule has 0 spiro atoms. The Balaban J connectivity index is 1.20. The molecule has 4 rings (SSSR count). The van der Waals surface area contributed by atoms with Crippen molar-refractivity contribution in [2.75, 3.05) is 11.9 Å². The summed E-state index contributed by atoms with van der Waals surface area (Å²) in [5.74, 6) is 1.75. The van der Waals surface area contributed by atoms with Gasteiger partial charge in [0.25, 0.3) is 0 Å². The standard InChI is InChI=1S/C24H31N3S/c1-2-18(24-27-21-13-7-8-14-22(21)28-24)10-5-3-4-6-12-20-16-15-19-11-9-17-25-23(19)26-20/h7-8,13-16,18H,2-6,9-12,17H2,1H3,(H,25,26). The quantitative estimate of drug-likeness (QED) is 0.409. The second-order valence-corrected chi connectivity index (χ2v) is 8.98. The minimum Gasteiger partial charge on any atom is -0.370 e. The van der Waals surface area contributed by atoms with Crippen LogP contribution in [-0.2, 0) is 12.8 Å². The molecule has 1 aliphatic heterocycles. The summed E-state index contributed by atoms with van der Waals surface area (Å²) in [6.45, 7) is 3.36. The van der Waals surface area contributed by atoms with Crippen LogP contribution in [0.4, 0.5) is 5.82 Å². The van der Waals surface area contributed by atoms with Crippen molar-refractivity contribution in [3.63, 3.8) is 0 Å². The van der Waals surface area contributed by atoms with Gasteiger partial charge in [-0.05, 0) is 62.3 Å². The van der Waals surface area contributed by atoms with Gasteiger partial charge in [-0.2, -0.15) is 0 Å². The average Bonchev–Trinajstić information content (AvgIpc) is 3.17. The molecule has 0 saturated heterocycles. The molecule has 1 aliphatic rings. The Hall–Kier alpha value is -1.94. The fourth-order valence-corrected chi connectivity index (χ4v) is 5.31. The van der Waals surface area contributed by atoms with Gasteiger partial charge in [0, 0.05) is 18.2 Å².